The van der Waals surface area contributed by atoms with Crippen LogP contribution in [0.1, 0.15) is 27.0 Å². The summed E-state index contributed by atoms with van der Waals surface area (Å²) in [5.74, 6) is 5.93. The average molecular weight is 519 g/mol. The molecule has 2 aromatic rings. The molecule has 2 aromatic carbocycles. The highest BCUT2D eigenvalue weighted by molar-refractivity contribution is 6.10. The minimum Gasteiger partial charge on any atom is -0.497 e. The van der Waals surface area contributed by atoms with E-state index >= 15 is 0 Å². The molecule has 0 aromatic heterocycles. The minimum atomic E-state index is -1.61. The number of ether oxygens (including phenoxy) is 1. The van der Waals surface area contributed by atoms with Gasteiger partial charge >= 0.3 is 6.03 Å². The minimum absolute atomic E-state index is 0.122. The predicted octanol–water partition coefficient (Wildman–Crippen LogP) is 0.910. The van der Waals surface area contributed by atoms with Gasteiger partial charge in [0.25, 0.3) is 11.8 Å². The van der Waals surface area contributed by atoms with Crippen molar-refractivity contribution >= 4 is 23.7 Å². The predicted molar refractivity (Wildman–Crippen MR) is 140 cm³/mol. The molecule has 11 heteroatoms. The van der Waals surface area contributed by atoms with Gasteiger partial charge in [-0.2, -0.15) is 0 Å². The topological polar surface area (TPSA) is 127 Å². The van der Waals surface area contributed by atoms with Gasteiger partial charge in [-0.25, -0.2) is 4.79 Å². The number of rotatable bonds is 7. The second-order valence-electron chi connectivity index (χ2n) is 9.47. The summed E-state index contributed by atoms with van der Waals surface area (Å²) in [7, 11) is 7.29. The van der Waals surface area contributed by atoms with Crippen molar-refractivity contribution in [3.63, 3.8) is 0 Å². The Morgan fingerprint density at radius 2 is 1.87 bits per heavy atom. The van der Waals surface area contributed by atoms with Crippen molar-refractivity contribution in [3.05, 3.63) is 64.7 Å². The van der Waals surface area contributed by atoms with Crippen LogP contribution in [0.3, 0.4) is 0 Å². The number of benzene rings is 2. The van der Waals surface area contributed by atoms with Crippen LogP contribution in [0.5, 0.6) is 5.75 Å². The fourth-order valence-corrected chi connectivity index (χ4v) is 4.30. The lowest BCUT2D eigenvalue weighted by Gasteiger charge is -2.26. The summed E-state index contributed by atoms with van der Waals surface area (Å²) in [5.41, 5.74) is 0.954. The van der Waals surface area contributed by atoms with Crippen LogP contribution in [0.15, 0.2) is 47.6 Å². The first-order valence-electron chi connectivity index (χ1n) is 12.0. The van der Waals surface area contributed by atoms with E-state index in [-0.39, 0.29) is 19.0 Å². The quantitative estimate of drug-likeness (QED) is 0.124. The molecule has 0 saturated carbocycles. The summed E-state index contributed by atoms with van der Waals surface area (Å²) >= 11 is 0. The van der Waals surface area contributed by atoms with E-state index in [1.54, 1.807) is 42.5 Å². The lowest BCUT2D eigenvalue weighted by Crippen LogP contribution is -2.54. The van der Waals surface area contributed by atoms with Gasteiger partial charge < -0.3 is 30.0 Å². The zero-order valence-corrected chi connectivity index (χ0v) is 21.7. The summed E-state index contributed by atoms with van der Waals surface area (Å²) in [5, 5.41) is 17.8. The summed E-state index contributed by atoms with van der Waals surface area (Å²) in [4.78, 5) is 43.4. The number of methoxy groups -OCH3 is 1. The SMILES string of the molecule is COc1ccc2c(c1)C(=O)N(C[C@@]1(C#Cc3ccc(C(=NO)N(C)CCN(C)C)cc3)NC(=O)NC1=O)C2. The van der Waals surface area contributed by atoms with E-state index < -0.39 is 17.5 Å². The summed E-state index contributed by atoms with van der Waals surface area (Å²) in [6.07, 6.45) is 0. The number of carbonyl (C=O) groups excluding carboxylic acids is 3. The molecule has 198 valence electrons. The number of hydrogen-bond donors (Lipinski definition) is 3. The molecule has 0 bridgehead atoms. The first-order chi connectivity index (χ1) is 18.2. The Hall–Kier alpha value is -4.56. The summed E-state index contributed by atoms with van der Waals surface area (Å²) in [6, 6.07) is 11.6. The molecule has 2 aliphatic rings. The monoisotopic (exact) mass is 518 g/mol. The normalized spacial score (nSPS) is 18.6. The second kappa shape index (κ2) is 10.8. The fourth-order valence-electron chi connectivity index (χ4n) is 4.30. The highest BCUT2D eigenvalue weighted by Crippen LogP contribution is 2.28. The summed E-state index contributed by atoms with van der Waals surface area (Å²) < 4.78 is 5.22. The van der Waals surface area contributed by atoms with E-state index in [0.29, 0.717) is 34.8 Å². The Morgan fingerprint density at radius 1 is 1.13 bits per heavy atom. The van der Waals surface area contributed by atoms with Crippen molar-refractivity contribution in [3.8, 4) is 17.6 Å². The molecule has 3 N–H and O–H groups in total. The fraction of sp³-hybridized carbons (Fsp3) is 0.333. The Bertz CT molecular complexity index is 1340. The van der Waals surface area contributed by atoms with Crippen molar-refractivity contribution in [2.75, 3.05) is 47.9 Å². The van der Waals surface area contributed by atoms with Gasteiger partial charge in [0.1, 0.15) is 5.75 Å². The van der Waals surface area contributed by atoms with Crippen LogP contribution in [-0.2, 0) is 11.3 Å². The molecule has 4 rings (SSSR count). The van der Waals surface area contributed by atoms with Crippen LogP contribution >= 0.6 is 0 Å². The van der Waals surface area contributed by atoms with Crippen molar-refractivity contribution in [2.24, 2.45) is 5.16 Å². The Labute approximate surface area is 221 Å². The maximum Gasteiger partial charge on any atom is 0.323 e. The second-order valence-corrected chi connectivity index (χ2v) is 9.47. The number of amidine groups is 1. The zero-order chi connectivity index (χ0) is 27.4. The lowest BCUT2D eigenvalue weighted by molar-refractivity contribution is -0.122. The molecule has 1 atom stereocenters. The standard InChI is InChI=1S/C27H30N6O5/c1-31(2)13-14-32(3)23(30-37)19-7-5-18(6-8-19)11-12-27(25(35)28-26(36)29-27)17-33-16-20-9-10-21(38-4)15-22(20)24(33)34/h5-10,15,37H,13-14,16-17H2,1-4H3,(H2,28,29,35,36)/t27-/m1/s1. The van der Waals surface area contributed by atoms with Crippen LogP contribution in [0.25, 0.3) is 0 Å². The lowest BCUT2D eigenvalue weighted by atomic mass is 9.99. The van der Waals surface area contributed by atoms with Gasteiger partial charge in [0.05, 0.1) is 13.7 Å². The Balaban J connectivity index is 1.55. The number of nitrogens with zero attached hydrogens (tertiary/aromatic N) is 4. The molecule has 1 fully saturated rings. The van der Waals surface area contributed by atoms with Crippen molar-refractivity contribution in [2.45, 2.75) is 12.1 Å². The molecule has 0 spiro atoms. The largest absolute Gasteiger partial charge is 0.497 e. The molecule has 1 saturated heterocycles. The van der Waals surface area contributed by atoms with E-state index in [1.165, 1.54) is 12.0 Å². The van der Waals surface area contributed by atoms with Gasteiger partial charge in [-0.1, -0.05) is 23.1 Å². The third kappa shape index (κ3) is 5.40. The number of amides is 4. The van der Waals surface area contributed by atoms with Gasteiger partial charge in [0, 0.05) is 43.4 Å². The first-order valence-corrected chi connectivity index (χ1v) is 12.0. The van der Waals surface area contributed by atoms with Crippen LogP contribution in [-0.4, -0.2) is 97.0 Å². The van der Waals surface area contributed by atoms with Crippen LogP contribution in [0.2, 0.25) is 0 Å². The number of carbonyl (C=O) groups is 3. The molecule has 4 amide bonds. The zero-order valence-electron chi connectivity index (χ0n) is 21.7. The third-order valence-corrected chi connectivity index (χ3v) is 6.47. The number of urea groups is 1. The average Bonchev–Trinajstić information content (AvgIpc) is 3.36. The number of imide groups is 1. The number of nitrogens with one attached hydrogen (secondary N) is 2. The van der Waals surface area contributed by atoms with Crippen LogP contribution in [0, 0.1) is 11.8 Å². The number of likely N-dealkylation sites (N-methyl/N-ethyl adjacent to an activating group) is 2. The Kier molecular flexibility index (Phi) is 7.55. The Morgan fingerprint density at radius 3 is 2.47 bits per heavy atom. The van der Waals surface area contributed by atoms with Gasteiger partial charge in [-0.3, -0.25) is 14.9 Å². The molecular formula is C27H30N6O5. The van der Waals surface area contributed by atoms with E-state index in [2.05, 4.69) is 27.6 Å². The van der Waals surface area contributed by atoms with Gasteiger partial charge in [-0.15, -0.1) is 0 Å². The van der Waals surface area contributed by atoms with Crippen molar-refractivity contribution in [1.82, 2.24) is 25.3 Å². The van der Waals surface area contributed by atoms with E-state index in [4.69, 9.17) is 4.74 Å². The molecule has 11 nitrogen and oxygen atoms in total. The van der Waals surface area contributed by atoms with Crippen LogP contribution < -0.4 is 15.4 Å². The van der Waals surface area contributed by atoms with Gasteiger partial charge in [0.15, 0.2) is 5.84 Å². The molecule has 2 aliphatic heterocycles. The maximum absolute atomic E-state index is 13.1. The molecule has 0 radical (unpaired) electrons. The van der Waals surface area contributed by atoms with E-state index in [9.17, 15) is 19.6 Å². The number of fused-ring (bicyclic) bond motifs is 1. The molecule has 2 heterocycles. The molecular weight excluding hydrogens is 488 g/mol. The number of oxime groups is 1. The summed E-state index contributed by atoms with van der Waals surface area (Å²) in [6.45, 7) is 1.61. The number of hydrogen-bond acceptors (Lipinski definition) is 7. The van der Waals surface area contributed by atoms with Crippen LogP contribution in [0.4, 0.5) is 4.79 Å². The van der Waals surface area contributed by atoms with E-state index in [0.717, 1.165) is 12.1 Å². The molecule has 0 aliphatic carbocycles. The highest BCUT2D eigenvalue weighted by Gasteiger charge is 2.48. The first kappa shape index (κ1) is 26.5. The third-order valence-electron chi connectivity index (χ3n) is 6.47. The van der Waals surface area contributed by atoms with E-state index in [1.807, 2.05) is 30.9 Å². The molecule has 38 heavy (non-hydrogen) atoms. The van der Waals surface area contributed by atoms with Crippen molar-refractivity contribution < 1.29 is 24.3 Å². The van der Waals surface area contributed by atoms with Gasteiger partial charge in [0.2, 0.25) is 5.54 Å². The highest BCUT2D eigenvalue weighted by atomic mass is 16.5. The van der Waals surface area contributed by atoms with Gasteiger partial charge in [-0.05, 0) is 56.1 Å². The molecule has 0 unspecified atom stereocenters. The maximum atomic E-state index is 13.1. The smallest absolute Gasteiger partial charge is 0.323 e. The van der Waals surface area contributed by atoms with Crippen molar-refractivity contribution in [1.29, 1.82) is 0 Å².